The maximum absolute atomic E-state index is 3.39. The van der Waals surface area contributed by atoms with E-state index in [0.29, 0.717) is 0 Å². The molecule has 1 aliphatic rings. The highest BCUT2D eigenvalue weighted by atomic mass is 32.1. The molecule has 1 fully saturated rings. The molecule has 4 heteroatoms. The van der Waals surface area contributed by atoms with Gasteiger partial charge in [0, 0.05) is 35.4 Å². The maximum Gasteiger partial charge on any atom is 0.0328 e. The van der Waals surface area contributed by atoms with Crippen LogP contribution in [-0.2, 0) is 13.1 Å². The summed E-state index contributed by atoms with van der Waals surface area (Å²) in [5.74, 6) is 0. The van der Waals surface area contributed by atoms with E-state index in [1.807, 2.05) is 11.3 Å². The molecule has 19 heavy (non-hydrogen) atoms. The molecule has 2 rings (SSSR count). The van der Waals surface area contributed by atoms with Gasteiger partial charge in [0.25, 0.3) is 0 Å². The first-order valence-electron chi connectivity index (χ1n) is 7.36. The van der Waals surface area contributed by atoms with Gasteiger partial charge in [-0.1, -0.05) is 6.92 Å². The van der Waals surface area contributed by atoms with Crippen molar-refractivity contribution in [1.29, 1.82) is 0 Å². The second kappa shape index (κ2) is 7.39. The molecule has 1 aliphatic heterocycles. The van der Waals surface area contributed by atoms with Gasteiger partial charge in [-0.15, -0.1) is 11.3 Å². The number of thiophene rings is 1. The molecule has 0 aliphatic carbocycles. The molecule has 1 N–H and O–H groups in total. The molecule has 0 amide bonds. The highest BCUT2D eigenvalue weighted by molar-refractivity contribution is 7.11. The molecule has 2 heterocycles. The zero-order chi connectivity index (χ0) is 13.7. The quantitative estimate of drug-likeness (QED) is 0.864. The second-order valence-corrected chi connectivity index (χ2v) is 6.87. The molecule has 0 saturated carbocycles. The van der Waals surface area contributed by atoms with E-state index in [2.05, 4.69) is 48.3 Å². The monoisotopic (exact) mass is 281 g/mol. The van der Waals surface area contributed by atoms with E-state index in [-0.39, 0.29) is 0 Å². The van der Waals surface area contributed by atoms with Crippen molar-refractivity contribution in [3.8, 4) is 0 Å². The van der Waals surface area contributed by atoms with Gasteiger partial charge in [-0.3, -0.25) is 4.90 Å². The van der Waals surface area contributed by atoms with E-state index in [0.717, 1.165) is 25.7 Å². The number of hydrogen-bond acceptors (Lipinski definition) is 4. The van der Waals surface area contributed by atoms with Crippen LogP contribution in [-0.4, -0.2) is 49.6 Å². The molecular formula is C15H27N3S. The van der Waals surface area contributed by atoms with Crippen molar-refractivity contribution in [1.82, 2.24) is 15.1 Å². The number of likely N-dealkylation sites (N-methyl/N-ethyl adjacent to an activating group) is 2. The molecule has 108 valence electrons. The van der Waals surface area contributed by atoms with Gasteiger partial charge in [0.05, 0.1) is 0 Å². The highest BCUT2D eigenvalue weighted by Crippen LogP contribution is 2.21. The summed E-state index contributed by atoms with van der Waals surface area (Å²) in [5.41, 5.74) is 0. The first kappa shape index (κ1) is 15.0. The second-order valence-electron chi connectivity index (χ2n) is 5.62. The molecule has 0 bridgehead atoms. The molecule has 1 saturated heterocycles. The van der Waals surface area contributed by atoms with E-state index >= 15 is 0 Å². The Kier molecular flexibility index (Phi) is 5.82. The molecule has 1 unspecified atom stereocenters. The zero-order valence-corrected chi connectivity index (χ0v) is 13.3. The van der Waals surface area contributed by atoms with Crippen LogP contribution in [0.3, 0.4) is 0 Å². The Morgan fingerprint density at radius 3 is 2.95 bits per heavy atom. The lowest BCUT2D eigenvalue weighted by molar-refractivity contribution is 0.130. The number of nitrogens with one attached hydrogen (secondary N) is 1. The summed E-state index contributed by atoms with van der Waals surface area (Å²) >= 11 is 1.95. The Bertz CT molecular complexity index is 377. The summed E-state index contributed by atoms with van der Waals surface area (Å²) < 4.78 is 0. The fourth-order valence-electron chi connectivity index (χ4n) is 2.72. The highest BCUT2D eigenvalue weighted by Gasteiger charge is 2.21. The number of rotatable bonds is 6. The van der Waals surface area contributed by atoms with Gasteiger partial charge in [0.15, 0.2) is 0 Å². The van der Waals surface area contributed by atoms with Gasteiger partial charge in [-0.05, 0) is 52.2 Å². The van der Waals surface area contributed by atoms with E-state index in [4.69, 9.17) is 0 Å². The summed E-state index contributed by atoms with van der Waals surface area (Å²) in [4.78, 5) is 7.92. The van der Waals surface area contributed by atoms with Crippen molar-refractivity contribution >= 4 is 11.3 Å². The predicted molar refractivity (Wildman–Crippen MR) is 83.7 cm³/mol. The lowest BCUT2D eigenvalue weighted by atomic mass is 10.1. The fourth-order valence-corrected chi connectivity index (χ4v) is 3.78. The van der Waals surface area contributed by atoms with Crippen LogP contribution in [0.4, 0.5) is 0 Å². The van der Waals surface area contributed by atoms with Gasteiger partial charge in [-0.2, -0.15) is 0 Å². The normalized spacial score (nSPS) is 21.2. The van der Waals surface area contributed by atoms with Crippen LogP contribution in [0, 0.1) is 0 Å². The predicted octanol–water partition coefficient (Wildman–Crippen LogP) is 2.38. The standard InChI is InChI=1S/C15H27N3S/c1-4-16-10-14-7-8-15(19-14)12-18(3)13-6-5-9-17(2)11-13/h7-8,13,16H,4-6,9-12H2,1-3H3. The minimum atomic E-state index is 0.720. The van der Waals surface area contributed by atoms with Crippen LogP contribution in [0.2, 0.25) is 0 Å². The van der Waals surface area contributed by atoms with E-state index in [1.54, 1.807) is 0 Å². The molecule has 1 atom stereocenters. The average Bonchev–Trinajstić information content (AvgIpc) is 2.84. The third-order valence-electron chi connectivity index (χ3n) is 3.89. The minimum absolute atomic E-state index is 0.720. The molecular weight excluding hydrogens is 254 g/mol. The Morgan fingerprint density at radius 1 is 1.42 bits per heavy atom. The Balaban J connectivity index is 1.84. The average molecular weight is 281 g/mol. The molecule has 0 aromatic carbocycles. The van der Waals surface area contributed by atoms with Gasteiger partial charge in [0.2, 0.25) is 0 Å². The van der Waals surface area contributed by atoms with Crippen LogP contribution in [0.25, 0.3) is 0 Å². The number of hydrogen-bond donors (Lipinski definition) is 1. The summed E-state index contributed by atoms with van der Waals surface area (Å²) in [6.45, 7) is 7.78. The first-order chi connectivity index (χ1) is 9.19. The van der Waals surface area contributed by atoms with Crippen LogP contribution in [0.15, 0.2) is 12.1 Å². The molecule has 1 aromatic heterocycles. The van der Waals surface area contributed by atoms with Crippen molar-refractivity contribution in [2.75, 3.05) is 33.7 Å². The Hall–Kier alpha value is -0.420. The summed E-state index contributed by atoms with van der Waals surface area (Å²) in [6.07, 6.45) is 2.68. The largest absolute Gasteiger partial charge is 0.312 e. The van der Waals surface area contributed by atoms with Gasteiger partial charge >= 0.3 is 0 Å². The van der Waals surface area contributed by atoms with E-state index in [1.165, 1.54) is 35.7 Å². The number of nitrogens with zero attached hydrogens (tertiary/aromatic N) is 2. The third kappa shape index (κ3) is 4.56. The summed E-state index contributed by atoms with van der Waals surface area (Å²) in [5, 5.41) is 3.39. The molecule has 0 radical (unpaired) electrons. The zero-order valence-electron chi connectivity index (χ0n) is 12.5. The van der Waals surface area contributed by atoms with Crippen molar-refractivity contribution in [2.45, 2.75) is 38.9 Å². The van der Waals surface area contributed by atoms with Gasteiger partial charge in [-0.25, -0.2) is 0 Å². The lowest BCUT2D eigenvalue weighted by Crippen LogP contribution is -2.44. The lowest BCUT2D eigenvalue weighted by Gasteiger charge is -2.35. The van der Waals surface area contributed by atoms with Gasteiger partial charge in [0.1, 0.15) is 0 Å². The van der Waals surface area contributed by atoms with Crippen LogP contribution >= 0.6 is 11.3 Å². The fraction of sp³-hybridized carbons (Fsp3) is 0.733. The van der Waals surface area contributed by atoms with Crippen molar-refractivity contribution in [3.63, 3.8) is 0 Å². The van der Waals surface area contributed by atoms with Crippen molar-refractivity contribution in [2.24, 2.45) is 0 Å². The Labute approximate surface area is 121 Å². The van der Waals surface area contributed by atoms with Crippen LogP contribution in [0.5, 0.6) is 0 Å². The molecule has 0 spiro atoms. The SMILES string of the molecule is CCNCc1ccc(CN(C)C2CCCN(C)C2)s1. The van der Waals surface area contributed by atoms with E-state index in [9.17, 15) is 0 Å². The van der Waals surface area contributed by atoms with Crippen molar-refractivity contribution in [3.05, 3.63) is 21.9 Å². The molecule has 3 nitrogen and oxygen atoms in total. The van der Waals surface area contributed by atoms with E-state index < -0.39 is 0 Å². The topological polar surface area (TPSA) is 18.5 Å². The number of likely N-dealkylation sites (tertiary alicyclic amines) is 1. The summed E-state index contributed by atoms with van der Waals surface area (Å²) in [7, 11) is 4.51. The van der Waals surface area contributed by atoms with Crippen LogP contribution < -0.4 is 5.32 Å². The molecule has 1 aromatic rings. The van der Waals surface area contributed by atoms with Crippen molar-refractivity contribution < 1.29 is 0 Å². The first-order valence-corrected chi connectivity index (χ1v) is 8.17. The number of piperidine rings is 1. The maximum atomic E-state index is 3.39. The Morgan fingerprint density at radius 2 is 2.21 bits per heavy atom. The smallest absolute Gasteiger partial charge is 0.0328 e. The van der Waals surface area contributed by atoms with Gasteiger partial charge < -0.3 is 10.2 Å². The van der Waals surface area contributed by atoms with Crippen LogP contribution in [0.1, 0.15) is 29.5 Å². The summed E-state index contributed by atoms with van der Waals surface area (Å²) in [6, 6.07) is 5.28. The third-order valence-corrected chi connectivity index (χ3v) is 4.96. The minimum Gasteiger partial charge on any atom is -0.312 e.